The third-order valence-electron chi connectivity index (χ3n) is 3.46. The second-order valence-electron chi connectivity index (χ2n) is 4.96. The highest BCUT2D eigenvalue weighted by atomic mass is 19.1. The fourth-order valence-corrected chi connectivity index (χ4v) is 2.47. The van der Waals surface area contributed by atoms with E-state index in [0.717, 1.165) is 0 Å². The van der Waals surface area contributed by atoms with Gasteiger partial charge in [-0.25, -0.2) is 4.39 Å². The molecule has 0 aromatic heterocycles. The SMILES string of the molecule is Cc1cc(F)ccc1C(=O)N1CCC(CC(=O)O)C1. The number of rotatable bonds is 3. The van der Waals surface area contributed by atoms with E-state index in [9.17, 15) is 14.0 Å². The molecule has 1 fully saturated rings. The van der Waals surface area contributed by atoms with E-state index in [2.05, 4.69) is 0 Å². The lowest BCUT2D eigenvalue weighted by molar-refractivity contribution is -0.138. The molecule has 19 heavy (non-hydrogen) atoms. The van der Waals surface area contributed by atoms with Crippen molar-refractivity contribution in [1.82, 2.24) is 4.90 Å². The number of carboxylic acids is 1. The summed E-state index contributed by atoms with van der Waals surface area (Å²) in [5.74, 6) is -1.33. The summed E-state index contributed by atoms with van der Waals surface area (Å²) in [4.78, 5) is 24.6. The number of hydrogen-bond donors (Lipinski definition) is 1. The highest BCUT2D eigenvalue weighted by Gasteiger charge is 2.28. The molecule has 4 nitrogen and oxygen atoms in total. The van der Waals surface area contributed by atoms with Crippen LogP contribution in [0.3, 0.4) is 0 Å². The van der Waals surface area contributed by atoms with Crippen molar-refractivity contribution >= 4 is 11.9 Å². The van der Waals surface area contributed by atoms with Gasteiger partial charge in [0.1, 0.15) is 5.82 Å². The quantitative estimate of drug-likeness (QED) is 0.910. The Morgan fingerprint density at radius 2 is 2.21 bits per heavy atom. The van der Waals surface area contributed by atoms with Gasteiger partial charge in [0, 0.05) is 25.1 Å². The van der Waals surface area contributed by atoms with Crippen molar-refractivity contribution in [2.75, 3.05) is 13.1 Å². The van der Waals surface area contributed by atoms with Crippen LogP contribution in [0.25, 0.3) is 0 Å². The van der Waals surface area contributed by atoms with E-state index in [1.807, 2.05) is 0 Å². The van der Waals surface area contributed by atoms with Crippen LogP contribution in [0.15, 0.2) is 18.2 Å². The number of aliphatic carboxylic acids is 1. The molecular formula is C14H16FNO3. The summed E-state index contributed by atoms with van der Waals surface area (Å²) in [6.07, 6.45) is 0.796. The summed E-state index contributed by atoms with van der Waals surface area (Å²) in [6, 6.07) is 4.08. The number of amides is 1. The van der Waals surface area contributed by atoms with Crippen LogP contribution in [0, 0.1) is 18.7 Å². The second-order valence-corrected chi connectivity index (χ2v) is 4.96. The first-order valence-corrected chi connectivity index (χ1v) is 6.24. The number of hydrogen-bond acceptors (Lipinski definition) is 2. The molecule has 1 aliphatic rings. The summed E-state index contributed by atoms with van der Waals surface area (Å²) in [6.45, 7) is 2.72. The van der Waals surface area contributed by atoms with Gasteiger partial charge in [-0.05, 0) is 43.0 Å². The number of halogens is 1. The normalized spacial score (nSPS) is 18.6. The molecule has 0 aliphatic carbocycles. The summed E-state index contributed by atoms with van der Waals surface area (Å²) in [7, 11) is 0. The van der Waals surface area contributed by atoms with Crippen LogP contribution in [0.2, 0.25) is 0 Å². The lowest BCUT2D eigenvalue weighted by Crippen LogP contribution is -2.29. The largest absolute Gasteiger partial charge is 0.481 e. The fourth-order valence-electron chi connectivity index (χ4n) is 2.47. The maximum atomic E-state index is 13.0. The number of benzene rings is 1. The molecule has 1 saturated heterocycles. The molecule has 1 aromatic carbocycles. The Hall–Kier alpha value is -1.91. The molecule has 1 heterocycles. The summed E-state index contributed by atoms with van der Waals surface area (Å²) < 4.78 is 13.0. The highest BCUT2D eigenvalue weighted by Crippen LogP contribution is 2.22. The van der Waals surface area contributed by atoms with Gasteiger partial charge < -0.3 is 10.0 Å². The van der Waals surface area contributed by atoms with Crippen LogP contribution in [0.4, 0.5) is 4.39 Å². The van der Waals surface area contributed by atoms with Gasteiger partial charge in [0.15, 0.2) is 0 Å². The Balaban J connectivity index is 2.07. The number of aryl methyl sites for hydroxylation is 1. The van der Waals surface area contributed by atoms with Crippen molar-refractivity contribution in [3.63, 3.8) is 0 Å². The zero-order chi connectivity index (χ0) is 14.0. The standard InChI is InChI=1S/C14H16FNO3/c1-9-6-11(15)2-3-12(9)14(19)16-5-4-10(8-16)7-13(17)18/h2-3,6,10H,4-5,7-8H2,1H3,(H,17,18). The highest BCUT2D eigenvalue weighted by molar-refractivity contribution is 5.95. The molecule has 1 N–H and O–H groups in total. The monoisotopic (exact) mass is 265 g/mol. The molecule has 0 saturated carbocycles. The van der Waals surface area contributed by atoms with E-state index in [1.165, 1.54) is 18.2 Å². The third kappa shape index (κ3) is 3.10. The van der Waals surface area contributed by atoms with Crippen LogP contribution in [0.5, 0.6) is 0 Å². The van der Waals surface area contributed by atoms with Gasteiger partial charge in [-0.15, -0.1) is 0 Å². The molecule has 0 radical (unpaired) electrons. The zero-order valence-corrected chi connectivity index (χ0v) is 10.7. The first-order chi connectivity index (χ1) is 8.97. The second kappa shape index (κ2) is 5.38. The Kier molecular flexibility index (Phi) is 3.83. The average Bonchev–Trinajstić information content (AvgIpc) is 2.75. The van der Waals surface area contributed by atoms with E-state index in [4.69, 9.17) is 5.11 Å². The number of carbonyl (C=O) groups is 2. The van der Waals surface area contributed by atoms with Gasteiger partial charge in [0.05, 0.1) is 0 Å². The van der Waals surface area contributed by atoms with Crippen LogP contribution in [0.1, 0.15) is 28.8 Å². The van der Waals surface area contributed by atoms with E-state index in [-0.39, 0.29) is 24.1 Å². The number of nitrogens with zero attached hydrogens (tertiary/aromatic N) is 1. The molecular weight excluding hydrogens is 249 g/mol. The third-order valence-corrected chi connectivity index (χ3v) is 3.46. The van der Waals surface area contributed by atoms with Crippen LogP contribution in [-0.2, 0) is 4.79 Å². The molecule has 1 aromatic rings. The van der Waals surface area contributed by atoms with Crippen molar-refractivity contribution in [3.05, 3.63) is 35.1 Å². The maximum absolute atomic E-state index is 13.0. The van der Waals surface area contributed by atoms with E-state index in [0.29, 0.717) is 30.6 Å². The Morgan fingerprint density at radius 1 is 1.47 bits per heavy atom. The van der Waals surface area contributed by atoms with Gasteiger partial charge in [0.25, 0.3) is 5.91 Å². The Morgan fingerprint density at radius 3 is 2.84 bits per heavy atom. The van der Waals surface area contributed by atoms with Gasteiger partial charge in [-0.1, -0.05) is 0 Å². The summed E-state index contributed by atoms with van der Waals surface area (Å²) in [5, 5.41) is 8.75. The van der Waals surface area contributed by atoms with Crippen molar-refractivity contribution in [2.24, 2.45) is 5.92 Å². The smallest absolute Gasteiger partial charge is 0.303 e. The van der Waals surface area contributed by atoms with Gasteiger partial charge in [-0.2, -0.15) is 0 Å². The van der Waals surface area contributed by atoms with E-state index in [1.54, 1.807) is 11.8 Å². The minimum Gasteiger partial charge on any atom is -0.481 e. The molecule has 0 spiro atoms. The molecule has 0 bridgehead atoms. The number of carbonyl (C=O) groups excluding carboxylic acids is 1. The maximum Gasteiger partial charge on any atom is 0.303 e. The molecule has 1 amide bonds. The minimum atomic E-state index is -0.836. The molecule has 1 aliphatic heterocycles. The molecule has 102 valence electrons. The lowest BCUT2D eigenvalue weighted by atomic mass is 10.1. The average molecular weight is 265 g/mol. The first kappa shape index (κ1) is 13.5. The van der Waals surface area contributed by atoms with E-state index >= 15 is 0 Å². The van der Waals surface area contributed by atoms with Gasteiger partial charge >= 0.3 is 5.97 Å². The summed E-state index contributed by atoms with van der Waals surface area (Å²) >= 11 is 0. The zero-order valence-electron chi connectivity index (χ0n) is 10.7. The van der Waals surface area contributed by atoms with Crippen molar-refractivity contribution < 1.29 is 19.1 Å². The van der Waals surface area contributed by atoms with Crippen molar-refractivity contribution in [3.8, 4) is 0 Å². The predicted molar refractivity (Wildman–Crippen MR) is 67.4 cm³/mol. The van der Waals surface area contributed by atoms with Crippen molar-refractivity contribution in [1.29, 1.82) is 0 Å². The Labute approximate surface area is 110 Å². The van der Waals surface area contributed by atoms with E-state index < -0.39 is 5.97 Å². The molecule has 2 rings (SSSR count). The van der Waals surface area contributed by atoms with Crippen molar-refractivity contribution in [2.45, 2.75) is 19.8 Å². The molecule has 5 heteroatoms. The number of likely N-dealkylation sites (tertiary alicyclic amines) is 1. The van der Waals surface area contributed by atoms with Gasteiger partial charge in [-0.3, -0.25) is 9.59 Å². The first-order valence-electron chi connectivity index (χ1n) is 6.24. The fraction of sp³-hybridized carbons (Fsp3) is 0.429. The lowest BCUT2D eigenvalue weighted by Gasteiger charge is -2.17. The van der Waals surface area contributed by atoms with Gasteiger partial charge in [0.2, 0.25) is 0 Å². The summed E-state index contributed by atoms with van der Waals surface area (Å²) in [5.41, 5.74) is 1.09. The minimum absolute atomic E-state index is 0.0159. The number of carboxylic acid groups (broad SMARTS) is 1. The van der Waals surface area contributed by atoms with Crippen LogP contribution >= 0.6 is 0 Å². The predicted octanol–water partition coefficient (Wildman–Crippen LogP) is 2.07. The molecule has 1 atom stereocenters. The Bertz CT molecular complexity index is 515. The van der Waals surface area contributed by atoms with Crippen LogP contribution in [-0.4, -0.2) is 35.0 Å². The topological polar surface area (TPSA) is 57.6 Å². The molecule has 1 unspecified atom stereocenters. The van der Waals surface area contributed by atoms with Crippen LogP contribution < -0.4 is 0 Å².